The zero-order valence-corrected chi connectivity index (χ0v) is 12.3. The third-order valence-corrected chi connectivity index (χ3v) is 2.58. The van der Waals surface area contributed by atoms with E-state index in [-0.39, 0.29) is 12.5 Å². The molecule has 0 aliphatic carbocycles. The van der Waals surface area contributed by atoms with E-state index in [0.717, 1.165) is 18.8 Å². The lowest BCUT2D eigenvalue weighted by atomic mass is 10.4. The van der Waals surface area contributed by atoms with Gasteiger partial charge in [0, 0.05) is 27.2 Å². The third kappa shape index (κ3) is 5.83. The Hall–Kier alpha value is -1.89. The Labute approximate surface area is 119 Å². The third-order valence-electron chi connectivity index (χ3n) is 2.58. The average molecular weight is 281 g/mol. The van der Waals surface area contributed by atoms with Crippen LogP contribution >= 0.6 is 0 Å². The Kier molecular flexibility index (Phi) is 7.34. The van der Waals surface area contributed by atoms with Gasteiger partial charge in [0.25, 0.3) is 0 Å². The van der Waals surface area contributed by atoms with Gasteiger partial charge < -0.3 is 20.3 Å². The van der Waals surface area contributed by atoms with E-state index in [1.807, 2.05) is 7.05 Å². The molecule has 1 rings (SSSR count). The predicted molar refractivity (Wildman–Crippen MR) is 79.0 cm³/mol. The van der Waals surface area contributed by atoms with Crippen molar-refractivity contribution in [2.75, 3.05) is 50.6 Å². The number of amides is 1. The van der Waals surface area contributed by atoms with E-state index in [4.69, 9.17) is 4.74 Å². The van der Waals surface area contributed by atoms with Crippen LogP contribution in [0.1, 0.15) is 13.3 Å². The van der Waals surface area contributed by atoms with E-state index < -0.39 is 0 Å². The lowest BCUT2D eigenvalue weighted by Crippen LogP contribution is -2.37. The number of rotatable bonds is 9. The van der Waals surface area contributed by atoms with Gasteiger partial charge in [-0.25, -0.2) is 4.98 Å². The van der Waals surface area contributed by atoms with Crippen LogP contribution in [0.2, 0.25) is 0 Å². The summed E-state index contributed by atoms with van der Waals surface area (Å²) in [4.78, 5) is 22.0. The van der Waals surface area contributed by atoms with Gasteiger partial charge in [-0.05, 0) is 6.42 Å². The Balaban J connectivity index is 2.49. The molecule has 1 aromatic rings. The van der Waals surface area contributed by atoms with Crippen LogP contribution in [0.4, 0.5) is 11.6 Å². The van der Waals surface area contributed by atoms with Crippen LogP contribution in [0.3, 0.4) is 0 Å². The number of methoxy groups -OCH3 is 1. The topological polar surface area (TPSA) is 79.4 Å². The number of anilines is 2. The largest absolute Gasteiger partial charge is 0.383 e. The second-order valence-electron chi connectivity index (χ2n) is 4.39. The number of likely N-dealkylation sites (N-methyl/N-ethyl adjacent to an activating group) is 1. The fourth-order valence-corrected chi connectivity index (χ4v) is 1.52. The summed E-state index contributed by atoms with van der Waals surface area (Å²) in [6.45, 7) is 4.17. The minimum atomic E-state index is -0.0710. The second kappa shape index (κ2) is 9.08. The SMILES string of the molecule is CCCNc1cncc(N(C)CC(=O)NCCOC)n1. The molecule has 2 N–H and O–H groups in total. The molecular formula is C13H23N5O2. The minimum Gasteiger partial charge on any atom is -0.383 e. The summed E-state index contributed by atoms with van der Waals surface area (Å²) in [6, 6.07) is 0. The summed E-state index contributed by atoms with van der Waals surface area (Å²) >= 11 is 0. The number of nitrogens with one attached hydrogen (secondary N) is 2. The summed E-state index contributed by atoms with van der Waals surface area (Å²) in [5.41, 5.74) is 0. The molecule has 0 atom stereocenters. The maximum absolute atomic E-state index is 11.7. The molecule has 1 aromatic heterocycles. The molecule has 0 unspecified atom stereocenters. The number of hydrogen-bond donors (Lipinski definition) is 2. The van der Waals surface area contributed by atoms with Crippen molar-refractivity contribution < 1.29 is 9.53 Å². The molecule has 0 saturated heterocycles. The van der Waals surface area contributed by atoms with Gasteiger partial charge in [-0.2, -0.15) is 0 Å². The predicted octanol–water partition coefficient (Wildman–Crippen LogP) is 0.497. The number of carbonyl (C=O) groups excluding carboxylic acids is 1. The summed E-state index contributed by atoms with van der Waals surface area (Å²) in [6.07, 6.45) is 4.33. The Morgan fingerprint density at radius 3 is 2.90 bits per heavy atom. The van der Waals surface area contributed by atoms with E-state index >= 15 is 0 Å². The van der Waals surface area contributed by atoms with Gasteiger partial charge in [0.1, 0.15) is 11.6 Å². The van der Waals surface area contributed by atoms with Crippen LogP contribution in [-0.4, -0.2) is 56.3 Å². The first-order chi connectivity index (χ1) is 9.67. The molecule has 1 heterocycles. The Morgan fingerprint density at radius 2 is 2.20 bits per heavy atom. The summed E-state index contributed by atoms with van der Waals surface area (Å²) in [7, 11) is 3.41. The van der Waals surface area contributed by atoms with Crippen molar-refractivity contribution in [3.8, 4) is 0 Å². The van der Waals surface area contributed by atoms with Crippen LogP contribution < -0.4 is 15.5 Å². The van der Waals surface area contributed by atoms with Crippen LogP contribution in [0.5, 0.6) is 0 Å². The van der Waals surface area contributed by atoms with E-state index in [0.29, 0.717) is 19.0 Å². The summed E-state index contributed by atoms with van der Waals surface area (Å²) < 4.78 is 4.88. The van der Waals surface area contributed by atoms with Crippen LogP contribution in [0, 0.1) is 0 Å². The maximum Gasteiger partial charge on any atom is 0.239 e. The first-order valence-electron chi connectivity index (χ1n) is 6.70. The molecule has 0 fully saturated rings. The lowest BCUT2D eigenvalue weighted by molar-refractivity contribution is -0.119. The molecule has 0 radical (unpaired) electrons. The molecule has 112 valence electrons. The van der Waals surface area contributed by atoms with E-state index in [1.165, 1.54) is 0 Å². The fourth-order valence-electron chi connectivity index (χ4n) is 1.52. The van der Waals surface area contributed by atoms with Crippen molar-refractivity contribution in [1.29, 1.82) is 0 Å². The number of nitrogens with zero attached hydrogens (tertiary/aromatic N) is 3. The highest BCUT2D eigenvalue weighted by molar-refractivity contribution is 5.80. The molecule has 7 nitrogen and oxygen atoms in total. The molecule has 0 saturated carbocycles. The lowest BCUT2D eigenvalue weighted by Gasteiger charge is -2.18. The van der Waals surface area contributed by atoms with Crippen molar-refractivity contribution in [3.05, 3.63) is 12.4 Å². The van der Waals surface area contributed by atoms with Crippen molar-refractivity contribution in [2.45, 2.75) is 13.3 Å². The second-order valence-corrected chi connectivity index (χ2v) is 4.39. The van der Waals surface area contributed by atoms with Crippen LogP contribution in [0.25, 0.3) is 0 Å². The molecule has 0 aliphatic rings. The number of ether oxygens (including phenoxy) is 1. The van der Waals surface area contributed by atoms with E-state index in [2.05, 4.69) is 27.5 Å². The van der Waals surface area contributed by atoms with Gasteiger partial charge in [-0.15, -0.1) is 0 Å². The fraction of sp³-hybridized carbons (Fsp3) is 0.615. The van der Waals surface area contributed by atoms with Crippen LogP contribution in [0.15, 0.2) is 12.4 Å². The number of carbonyl (C=O) groups is 1. The van der Waals surface area contributed by atoms with Gasteiger partial charge in [-0.3, -0.25) is 9.78 Å². The van der Waals surface area contributed by atoms with E-state index in [9.17, 15) is 4.79 Å². The monoisotopic (exact) mass is 281 g/mol. The molecule has 0 aliphatic heterocycles. The first-order valence-corrected chi connectivity index (χ1v) is 6.70. The Morgan fingerprint density at radius 1 is 1.40 bits per heavy atom. The standard InChI is InChI=1S/C13H23N5O2/c1-4-5-15-11-8-14-9-12(17-11)18(2)10-13(19)16-6-7-20-3/h8-9H,4-7,10H2,1-3H3,(H,15,17)(H,16,19). The zero-order chi connectivity index (χ0) is 14.8. The maximum atomic E-state index is 11.7. The highest BCUT2D eigenvalue weighted by Gasteiger charge is 2.09. The van der Waals surface area contributed by atoms with Gasteiger partial charge in [0.2, 0.25) is 5.91 Å². The minimum absolute atomic E-state index is 0.0710. The normalized spacial score (nSPS) is 10.2. The zero-order valence-electron chi connectivity index (χ0n) is 12.3. The first kappa shape index (κ1) is 16.2. The summed E-state index contributed by atoms with van der Waals surface area (Å²) in [5.74, 6) is 1.31. The van der Waals surface area contributed by atoms with E-state index in [1.54, 1.807) is 24.4 Å². The number of hydrogen-bond acceptors (Lipinski definition) is 6. The molecule has 0 bridgehead atoms. The highest BCUT2D eigenvalue weighted by atomic mass is 16.5. The van der Waals surface area contributed by atoms with Crippen molar-refractivity contribution in [1.82, 2.24) is 15.3 Å². The Bertz CT molecular complexity index is 414. The molecule has 20 heavy (non-hydrogen) atoms. The van der Waals surface area contributed by atoms with Crippen molar-refractivity contribution in [2.24, 2.45) is 0 Å². The van der Waals surface area contributed by atoms with Gasteiger partial charge in [-0.1, -0.05) is 6.92 Å². The van der Waals surface area contributed by atoms with Gasteiger partial charge in [0.15, 0.2) is 0 Å². The molecule has 1 amide bonds. The van der Waals surface area contributed by atoms with Crippen LogP contribution in [-0.2, 0) is 9.53 Å². The average Bonchev–Trinajstić information content (AvgIpc) is 2.45. The molecule has 0 aromatic carbocycles. The quantitative estimate of drug-likeness (QED) is 0.642. The van der Waals surface area contributed by atoms with Crippen molar-refractivity contribution >= 4 is 17.5 Å². The van der Waals surface area contributed by atoms with Gasteiger partial charge in [0.05, 0.1) is 25.5 Å². The smallest absolute Gasteiger partial charge is 0.239 e. The molecule has 7 heteroatoms. The van der Waals surface area contributed by atoms with Gasteiger partial charge >= 0.3 is 0 Å². The van der Waals surface area contributed by atoms with Crippen molar-refractivity contribution in [3.63, 3.8) is 0 Å². The number of aromatic nitrogens is 2. The molecular weight excluding hydrogens is 258 g/mol. The highest BCUT2D eigenvalue weighted by Crippen LogP contribution is 2.10. The summed E-state index contributed by atoms with van der Waals surface area (Å²) in [5, 5.41) is 5.93. The molecule has 0 spiro atoms.